The summed E-state index contributed by atoms with van der Waals surface area (Å²) in [5.74, 6) is 0.929. The van der Waals surface area contributed by atoms with E-state index < -0.39 is 0 Å². The molecule has 5 nitrogen and oxygen atoms in total. The summed E-state index contributed by atoms with van der Waals surface area (Å²) in [4.78, 5) is 29.7. The molecule has 2 aliphatic rings. The van der Waals surface area contributed by atoms with Gasteiger partial charge in [-0.15, -0.1) is 0 Å². The third-order valence-electron chi connectivity index (χ3n) is 6.09. The molecule has 0 bridgehead atoms. The van der Waals surface area contributed by atoms with Crippen molar-refractivity contribution in [1.82, 2.24) is 4.90 Å². The van der Waals surface area contributed by atoms with Gasteiger partial charge in [-0.25, -0.2) is 0 Å². The molecular formula is C24H28N2O3. The van der Waals surface area contributed by atoms with E-state index in [4.69, 9.17) is 4.74 Å². The van der Waals surface area contributed by atoms with Crippen molar-refractivity contribution in [1.29, 1.82) is 0 Å². The number of amides is 2. The molecule has 5 heteroatoms. The van der Waals surface area contributed by atoms with Gasteiger partial charge in [0, 0.05) is 43.7 Å². The van der Waals surface area contributed by atoms with Crippen LogP contribution in [-0.4, -0.2) is 43.5 Å². The van der Waals surface area contributed by atoms with Crippen LogP contribution in [0.25, 0.3) is 0 Å². The van der Waals surface area contributed by atoms with Crippen molar-refractivity contribution in [3.05, 3.63) is 60.2 Å². The molecule has 2 heterocycles. The second kappa shape index (κ2) is 8.68. The van der Waals surface area contributed by atoms with Gasteiger partial charge in [0.05, 0.1) is 13.0 Å². The number of likely N-dealkylation sites (tertiary alicyclic amines) is 1. The zero-order valence-electron chi connectivity index (χ0n) is 16.9. The van der Waals surface area contributed by atoms with Crippen LogP contribution < -0.4 is 9.64 Å². The minimum atomic E-state index is -0.275. The fraction of sp³-hybridized carbons (Fsp3) is 0.417. The van der Waals surface area contributed by atoms with Crippen LogP contribution >= 0.6 is 0 Å². The highest BCUT2D eigenvalue weighted by Gasteiger charge is 2.38. The normalized spacial score (nSPS) is 22.4. The molecule has 0 N–H and O–H groups in total. The van der Waals surface area contributed by atoms with Crippen LogP contribution in [0.15, 0.2) is 54.6 Å². The van der Waals surface area contributed by atoms with Crippen LogP contribution in [0, 0.1) is 5.92 Å². The van der Waals surface area contributed by atoms with Crippen molar-refractivity contribution in [3.8, 4) is 5.75 Å². The van der Waals surface area contributed by atoms with Gasteiger partial charge >= 0.3 is 0 Å². The van der Waals surface area contributed by atoms with Gasteiger partial charge in [-0.05, 0) is 30.5 Å². The van der Waals surface area contributed by atoms with Gasteiger partial charge in [0.1, 0.15) is 5.75 Å². The molecule has 29 heavy (non-hydrogen) atoms. The van der Waals surface area contributed by atoms with Crippen molar-refractivity contribution < 1.29 is 14.3 Å². The molecule has 2 atom stereocenters. The minimum absolute atomic E-state index is 0.00559. The molecule has 4 rings (SSSR count). The summed E-state index contributed by atoms with van der Waals surface area (Å²) >= 11 is 0. The number of carbonyl (C=O) groups is 2. The van der Waals surface area contributed by atoms with Gasteiger partial charge in [0.2, 0.25) is 11.8 Å². The minimum Gasteiger partial charge on any atom is -0.497 e. The molecule has 0 aromatic heterocycles. The standard InChI is InChI=1S/C24H28N2O3/c1-29-22-12-7-11-21(15-22)26-17-20(14-23(26)27)24(28)25-13-6-5-10-19(16-25)18-8-3-2-4-9-18/h2-4,7-9,11-12,15,19-20H,5-6,10,13-14,16-17H2,1H3. The first-order valence-electron chi connectivity index (χ1n) is 10.4. The monoisotopic (exact) mass is 392 g/mol. The number of hydrogen-bond acceptors (Lipinski definition) is 3. The van der Waals surface area contributed by atoms with Crippen LogP contribution in [-0.2, 0) is 9.59 Å². The SMILES string of the molecule is COc1cccc(N2CC(C(=O)N3CCCCC(c4ccccc4)C3)CC2=O)c1. The maximum Gasteiger partial charge on any atom is 0.228 e. The predicted molar refractivity (Wildman–Crippen MR) is 113 cm³/mol. The van der Waals surface area contributed by atoms with E-state index in [9.17, 15) is 9.59 Å². The third-order valence-corrected chi connectivity index (χ3v) is 6.09. The van der Waals surface area contributed by atoms with Crippen molar-refractivity contribution in [2.24, 2.45) is 5.92 Å². The molecule has 2 fully saturated rings. The van der Waals surface area contributed by atoms with Gasteiger partial charge < -0.3 is 14.5 Å². The number of anilines is 1. The maximum atomic E-state index is 13.3. The Morgan fingerprint density at radius 1 is 1.03 bits per heavy atom. The highest BCUT2D eigenvalue weighted by Crippen LogP contribution is 2.31. The van der Waals surface area contributed by atoms with E-state index in [2.05, 4.69) is 24.3 Å². The van der Waals surface area contributed by atoms with Crippen molar-refractivity contribution in [2.75, 3.05) is 31.6 Å². The summed E-state index contributed by atoms with van der Waals surface area (Å²) in [6.45, 7) is 1.97. The first-order valence-corrected chi connectivity index (χ1v) is 10.4. The summed E-state index contributed by atoms with van der Waals surface area (Å²) < 4.78 is 5.27. The number of ether oxygens (including phenoxy) is 1. The summed E-state index contributed by atoms with van der Waals surface area (Å²) in [5.41, 5.74) is 2.09. The van der Waals surface area contributed by atoms with E-state index in [1.165, 1.54) is 5.56 Å². The van der Waals surface area contributed by atoms with Gasteiger partial charge in [0.25, 0.3) is 0 Å². The van der Waals surface area contributed by atoms with E-state index in [1.54, 1.807) is 12.0 Å². The highest BCUT2D eigenvalue weighted by atomic mass is 16.5. The number of nitrogens with zero attached hydrogens (tertiary/aromatic N) is 2. The van der Waals surface area contributed by atoms with Crippen LogP contribution in [0.2, 0.25) is 0 Å². The molecule has 2 saturated heterocycles. The maximum absolute atomic E-state index is 13.3. The first kappa shape index (κ1) is 19.5. The Morgan fingerprint density at radius 3 is 2.66 bits per heavy atom. The second-order valence-electron chi connectivity index (χ2n) is 7.99. The van der Waals surface area contributed by atoms with Crippen molar-refractivity contribution in [2.45, 2.75) is 31.6 Å². The van der Waals surface area contributed by atoms with Crippen molar-refractivity contribution in [3.63, 3.8) is 0 Å². The summed E-state index contributed by atoms with van der Waals surface area (Å²) in [5, 5.41) is 0. The molecule has 2 aliphatic heterocycles. The van der Waals surface area contributed by atoms with E-state index in [-0.39, 0.29) is 24.2 Å². The Kier molecular flexibility index (Phi) is 5.84. The van der Waals surface area contributed by atoms with Crippen LogP contribution in [0.3, 0.4) is 0 Å². The molecule has 2 aromatic rings. The quantitative estimate of drug-likeness (QED) is 0.794. The molecule has 2 unspecified atom stereocenters. The largest absolute Gasteiger partial charge is 0.497 e. The lowest BCUT2D eigenvalue weighted by Gasteiger charge is -2.27. The van der Waals surface area contributed by atoms with Crippen LogP contribution in [0.4, 0.5) is 5.69 Å². The Balaban J connectivity index is 1.46. The Hall–Kier alpha value is -2.82. The molecule has 2 amide bonds. The zero-order chi connectivity index (χ0) is 20.2. The molecule has 0 aliphatic carbocycles. The van der Waals surface area contributed by atoms with E-state index in [0.717, 1.165) is 38.0 Å². The molecule has 0 spiro atoms. The topological polar surface area (TPSA) is 49.9 Å². The van der Waals surface area contributed by atoms with Crippen LogP contribution in [0.1, 0.15) is 37.2 Å². The number of methoxy groups -OCH3 is 1. The molecule has 0 saturated carbocycles. The summed E-state index contributed by atoms with van der Waals surface area (Å²) in [6.07, 6.45) is 3.54. The average Bonchev–Trinajstić information content (AvgIpc) is 2.99. The Bertz CT molecular complexity index is 867. The molecule has 0 radical (unpaired) electrons. The molecular weight excluding hydrogens is 364 g/mol. The summed E-state index contributed by atoms with van der Waals surface area (Å²) in [6, 6.07) is 17.9. The van der Waals surface area contributed by atoms with Gasteiger partial charge in [-0.1, -0.05) is 42.8 Å². The predicted octanol–water partition coefficient (Wildman–Crippen LogP) is 3.84. The van der Waals surface area contributed by atoms with Gasteiger partial charge in [0.15, 0.2) is 0 Å². The lowest BCUT2D eigenvalue weighted by Crippen LogP contribution is -2.39. The van der Waals surface area contributed by atoms with E-state index in [1.807, 2.05) is 35.2 Å². The smallest absolute Gasteiger partial charge is 0.228 e. The molecule has 2 aromatic carbocycles. The first-order chi connectivity index (χ1) is 14.2. The highest BCUT2D eigenvalue weighted by molar-refractivity contribution is 6.00. The zero-order valence-corrected chi connectivity index (χ0v) is 16.9. The molecule has 152 valence electrons. The fourth-order valence-electron chi connectivity index (χ4n) is 4.50. The van der Waals surface area contributed by atoms with E-state index in [0.29, 0.717) is 18.2 Å². The lowest BCUT2D eigenvalue weighted by molar-refractivity contribution is -0.135. The fourth-order valence-corrected chi connectivity index (χ4v) is 4.50. The number of hydrogen-bond donors (Lipinski definition) is 0. The number of rotatable bonds is 4. The van der Waals surface area contributed by atoms with Crippen molar-refractivity contribution >= 4 is 17.5 Å². The Morgan fingerprint density at radius 2 is 1.86 bits per heavy atom. The summed E-state index contributed by atoms with van der Waals surface area (Å²) in [7, 11) is 1.61. The van der Waals surface area contributed by atoms with Crippen LogP contribution in [0.5, 0.6) is 5.75 Å². The second-order valence-corrected chi connectivity index (χ2v) is 7.99. The Labute approximate surface area is 172 Å². The average molecular weight is 392 g/mol. The third kappa shape index (κ3) is 4.29. The van der Waals surface area contributed by atoms with Gasteiger partial charge in [-0.3, -0.25) is 9.59 Å². The van der Waals surface area contributed by atoms with E-state index >= 15 is 0 Å². The number of benzene rings is 2. The van der Waals surface area contributed by atoms with Gasteiger partial charge in [-0.2, -0.15) is 0 Å². The number of carbonyl (C=O) groups excluding carboxylic acids is 2. The lowest BCUT2D eigenvalue weighted by atomic mass is 9.94.